The van der Waals surface area contributed by atoms with E-state index in [2.05, 4.69) is 0 Å². The Balaban J connectivity index is 1.93. The lowest BCUT2D eigenvalue weighted by molar-refractivity contribution is -0.145. The van der Waals surface area contributed by atoms with E-state index in [1.807, 2.05) is 12.1 Å². The molecule has 0 saturated heterocycles. The second-order valence-corrected chi connectivity index (χ2v) is 6.84. The van der Waals surface area contributed by atoms with E-state index in [1.165, 1.54) is 26.0 Å². The quantitative estimate of drug-likeness (QED) is 0.287. The van der Waals surface area contributed by atoms with Gasteiger partial charge in [-0.25, -0.2) is 9.05 Å². The fourth-order valence-corrected chi connectivity index (χ4v) is 2.81. The molecule has 2 unspecified atom stereocenters. The van der Waals surface area contributed by atoms with Crippen molar-refractivity contribution in [2.75, 3.05) is 0 Å². The third kappa shape index (κ3) is 8.29. The number of carbonyl (C=O) groups excluding carboxylic acids is 2. The van der Waals surface area contributed by atoms with Gasteiger partial charge in [0.1, 0.15) is 12.2 Å². The van der Waals surface area contributed by atoms with Gasteiger partial charge in [0.25, 0.3) is 0 Å². The summed E-state index contributed by atoms with van der Waals surface area (Å²) in [7, 11) is -2.52. The molecule has 0 radical (unpaired) electrons. The molecule has 0 bridgehead atoms. The molecule has 0 aliphatic rings. The van der Waals surface area contributed by atoms with E-state index in [4.69, 9.17) is 18.5 Å². The van der Waals surface area contributed by atoms with Crippen LogP contribution < -0.4 is 0 Å². The summed E-state index contributed by atoms with van der Waals surface area (Å²) in [5, 5.41) is 0. The lowest BCUT2D eigenvalue weighted by Crippen LogP contribution is -2.06. The normalized spacial score (nSPS) is 13.5. The van der Waals surface area contributed by atoms with Crippen molar-refractivity contribution in [3.8, 4) is 0 Å². The fourth-order valence-electron chi connectivity index (χ4n) is 2.42. The van der Waals surface area contributed by atoms with Crippen LogP contribution in [0.5, 0.6) is 0 Å². The first-order valence-electron chi connectivity index (χ1n) is 9.04. The summed E-state index contributed by atoms with van der Waals surface area (Å²) in [5.41, 5.74) is 1.46. The predicted octanol–water partition coefficient (Wildman–Crippen LogP) is 5.31. The molecule has 0 saturated carbocycles. The molecule has 0 aromatic heterocycles. The molecule has 0 aliphatic heterocycles. The van der Waals surface area contributed by atoms with Gasteiger partial charge in [-0.15, -0.1) is 0 Å². The zero-order chi connectivity index (χ0) is 21.8. The van der Waals surface area contributed by atoms with Crippen molar-refractivity contribution in [2.45, 2.75) is 26.1 Å². The van der Waals surface area contributed by atoms with E-state index < -0.39 is 32.4 Å². The number of benzene rings is 2. The monoisotopic (exact) mass is 429 g/mol. The highest BCUT2D eigenvalue weighted by Crippen LogP contribution is 2.27. The van der Waals surface area contributed by atoms with Gasteiger partial charge >= 0.3 is 20.2 Å². The third-order valence-corrected chi connectivity index (χ3v) is 4.23. The molecule has 0 aliphatic carbocycles. The molecule has 2 atom stereocenters. The average Bonchev–Trinajstić information content (AvgIpc) is 2.73. The zero-order valence-corrected chi connectivity index (χ0v) is 17.4. The predicted molar refractivity (Wildman–Crippen MR) is 110 cm³/mol. The first-order valence-corrected chi connectivity index (χ1v) is 10.1. The van der Waals surface area contributed by atoms with E-state index in [9.17, 15) is 14.2 Å². The summed E-state index contributed by atoms with van der Waals surface area (Å²) in [6, 6.07) is 18.1. The Morgan fingerprint density at radius 2 is 1.10 bits per heavy atom. The molecule has 8 heteroatoms. The summed E-state index contributed by atoms with van der Waals surface area (Å²) >= 11 is 0. The Morgan fingerprint density at radius 3 is 1.43 bits per heavy atom. The van der Waals surface area contributed by atoms with Gasteiger partial charge < -0.3 is 9.47 Å². The zero-order valence-electron chi connectivity index (χ0n) is 16.5. The number of ether oxygens (including phenoxy) is 2. The molecule has 0 heterocycles. The molecule has 30 heavy (non-hydrogen) atoms. The maximum absolute atomic E-state index is 11.9. The molecule has 2 aromatic rings. The minimum atomic E-state index is -2.52. The molecule has 0 N–H and O–H groups in total. The molecule has 0 fully saturated rings. The van der Waals surface area contributed by atoms with Crippen molar-refractivity contribution in [1.82, 2.24) is 0 Å². The highest BCUT2D eigenvalue weighted by atomic mass is 31.1. The standard InChI is InChI=1S/C22H22O7P/c1-17(23)28-21(19-9-5-3-6-10-19)13-15-26-30(25)27-16-14-22(29-18(2)24)20-11-7-4-8-12-20/h3-16,21-22H,1-2H3/q+1. The number of rotatable bonds is 10. The van der Waals surface area contributed by atoms with Crippen LogP contribution in [0.3, 0.4) is 0 Å². The van der Waals surface area contributed by atoms with Gasteiger partial charge in [-0.3, -0.25) is 9.59 Å². The highest BCUT2D eigenvalue weighted by Gasteiger charge is 2.20. The summed E-state index contributed by atoms with van der Waals surface area (Å²) in [6.07, 6.45) is 3.82. The number of esters is 2. The van der Waals surface area contributed by atoms with Gasteiger partial charge in [-0.2, -0.15) is 0 Å². The van der Waals surface area contributed by atoms with Crippen molar-refractivity contribution in [3.05, 3.63) is 96.5 Å². The Hall–Kier alpha value is -3.44. The molecule has 0 amide bonds. The first kappa shape index (κ1) is 22.8. The number of hydrogen-bond donors (Lipinski definition) is 0. The van der Waals surface area contributed by atoms with Crippen molar-refractivity contribution >= 4 is 20.2 Å². The average molecular weight is 429 g/mol. The first-order chi connectivity index (χ1) is 14.5. The summed E-state index contributed by atoms with van der Waals surface area (Å²) in [6.45, 7) is 2.59. The Labute approximate surface area is 175 Å². The molecule has 156 valence electrons. The maximum atomic E-state index is 11.9. The molecular formula is C22H22O7P+. The SMILES string of the molecule is CC(=O)OC(C=CO[P+](=O)OC=CC(OC(C)=O)c1ccccc1)c1ccccc1. The minimum absolute atomic E-state index is 0.463. The van der Waals surface area contributed by atoms with Crippen LogP contribution in [0.2, 0.25) is 0 Å². The van der Waals surface area contributed by atoms with Crippen LogP contribution in [0.1, 0.15) is 37.2 Å². The van der Waals surface area contributed by atoms with Gasteiger partial charge in [0, 0.05) is 30.6 Å². The smallest absolute Gasteiger partial charge is 0.453 e. The molecule has 7 nitrogen and oxygen atoms in total. The van der Waals surface area contributed by atoms with Gasteiger partial charge in [0.2, 0.25) is 0 Å². The van der Waals surface area contributed by atoms with Crippen LogP contribution in [-0.2, 0) is 32.7 Å². The van der Waals surface area contributed by atoms with Gasteiger partial charge in [0.05, 0.1) is 0 Å². The number of hydrogen-bond acceptors (Lipinski definition) is 7. The van der Waals surface area contributed by atoms with Crippen LogP contribution in [-0.4, -0.2) is 11.9 Å². The van der Waals surface area contributed by atoms with Crippen LogP contribution >= 0.6 is 8.25 Å². The van der Waals surface area contributed by atoms with E-state index >= 15 is 0 Å². The minimum Gasteiger partial charge on any atom is -0.453 e. The van der Waals surface area contributed by atoms with Crippen molar-refractivity contribution in [2.24, 2.45) is 0 Å². The Kier molecular flexibility index (Phi) is 9.28. The third-order valence-electron chi connectivity index (χ3n) is 3.64. The maximum Gasteiger partial charge on any atom is 0.804 e. The van der Waals surface area contributed by atoms with E-state index in [1.54, 1.807) is 48.5 Å². The van der Waals surface area contributed by atoms with Gasteiger partial charge in [-0.1, -0.05) is 60.7 Å². The van der Waals surface area contributed by atoms with Crippen molar-refractivity contribution < 1.29 is 32.7 Å². The highest BCUT2D eigenvalue weighted by molar-refractivity contribution is 7.33. The van der Waals surface area contributed by atoms with E-state index in [-0.39, 0.29) is 0 Å². The molecule has 0 spiro atoms. The van der Waals surface area contributed by atoms with Crippen LogP contribution in [0.25, 0.3) is 0 Å². The van der Waals surface area contributed by atoms with E-state index in [0.29, 0.717) is 0 Å². The summed E-state index contributed by atoms with van der Waals surface area (Å²) in [4.78, 5) is 22.6. The largest absolute Gasteiger partial charge is 0.804 e. The second-order valence-electron chi connectivity index (χ2n) is 5.97. The lowest BCUT2D eigenvalue weighted by Gasteiger charge is -2.12. The summed E-state index contributed by atoms with van der Waals surface area (Å²) < 4.78 is 32.3. The molecule has 2 rings (SSSR count). The van der Waals surface area contributed by atoms with Crippen molar-refractivity contribution in [3.63, 3.8) is 0 Å². The fraction of sp³-hybridized carbons (Fsp3) is 0.182. The lowest BCUT2D eigenvalue weighted by atomic mass is 10.1. The Bertz CT molecular complexity index is 821. The van der Waals surface area contributed by atoms with E-state index in [0.717, 1.165) is 23.7 Å². The van der Waals surface area contributed by atoms with Crippen LogP contribution in [0, 0.1) is 0 Å². The van der Waals surface area contributed by atoms with Crippen LogP contribution in [0.4, 0.5) is 0 Å². The summed E-state index contributed by atoms with van der Waals surface area (Å²) in [5.74, 6) is -0.927. The molecule has 2 aromatic carbocycles. The van der Waals surface area contributed by atoms with Crippen LogP contribution in [0.15, 0.2) is 85.3 Å². The topological polar surface area (TPSA) is 88.1 Å². The second kappa shape index (κ2) is 12.2. The van der Waals surface area contributed by atoms with Crippen molar-refractivity contribution in [1.29, 1.82) is 0 Å². The molecular weight excluding hydrogens is 407 g/mol. The Morgan fingerprint density at radius 1 is 0.733 bits per heavy atom. The number of carbonyl (C=O) groups is 2. The van der Waals surface area contributed by atoms with Gasteiger partial charge in [0.15, 0.2) is 12.5 Å². The van der Waals surface area contributed by atoms with Gasteiger partial charge in [-0.05, 0) is 11.1 Å².